The van der Waals surface area contributed by atoms with Gasteiger partial charge in [-0.05, 0) is 6.92 Å². The highest BCUT2D eigenvalue weighted by atomic mass is 16.5. The lowest BCUT2D eigenvalue weighted by atomic mass is 9.96. The lowest BCUT2D eigenvalue weighted by Gasteiger charge is -2.48. The maximum Gasteiger partial charge on any atom is 0.242 e. The van der Waals surface area contributed by atoms with Crippen LogP contribution in [0, 0.1) is 0 Å². The van der Waals surface area contributed by atoms with Gasteiger partial charge >= 0.3 is 0 Å². The largest absolute Gasteiger partial charge is 0.381 e. The summed E-state index contributed by atoms with van der Waals surface area (Å²) in [6.07, 6.45) is 5.62. The first-order valence-electron chi connectivity index (χ1n) is 8.99. The molecular formula is C17H27N5O2. The Balaban J connectivity index is 1.53. The minimum absolute atomic E-state index is 0.00923. The van der Waals surface area contributed by atoms with Crippen LogP contribution in [-0.4, -0.2) is 81.3 Å². The first-order chi connectivity index (χ1) is 11.7. The molecule has 3 aliphatic rings. The topological polar surface area (TPSA) is 53.8 Å². The van der Waals surface area contributed by atoms with Gasteiger partial charge in [0, 0.05) is 58.8 Å². The van der Waals surface area contributed by atoms with Crippen LogP contribution in [0.15, 0.2) is 12.5 Å². The summed E-state index contributed by atoms with van der Waals surface area (Å²) in [4.78, 5) is 24.2. The first-order valence-corrected chi connectivity index (χ1v) is 8.99. The first kappa shape index (κ1) is 16.1. The van der Waals surface area contributed by atoms with E-state index in [1.807, 2.05) is 19.6 Å². The molecule has 0 saturated carbocycles. The molecule has 1 spiro atoms. The SMILES string of the molecule is CCN1C(=O)[C@H]2CN(Cc3cncn3C)CCN2C12CCOCC2. The van der Waals surface area contributed by atoms with Crippen LogP contribution in [0.25, 0.3) is 0 Å². The van der Waals surface area contributed by atoms with Gasteiger partial charge in [0.1, 0.15) is 11.7 Å². The standard InChI is InChI=1S/C17H27N5O2/c1-3-21-16(23)15-12-20(11-14-10-18-13-19(14)2)6-7-22(15)17(21)4-8-24-9-5-17/h10,13,15H,3-9,11-12H2,1-2H3/t15-/m1/s1. The van der Waals surface area contributed by atoms with E-state index in [2.05, 4.69) is 31.2 Å². The van der Waals surface area contributed by atoms with Crippen molar-refractivity contribution in [3.05, 3.63) is 18.2 Å². The second-order valence-corrected chi connectivity index (χ2v) is 7.12. The smallest absolute Gasteiger partial charge is 0.242 e. The number of aromatic nitrogens is 2. The highest BCUT2D eigenvalue weighted by molar-refractivity contribution is 5.85. The molecule has 3 saturated heterocycles. The lowest BCUT2D eigenvalue weighted by molar-refractivity contribution is -0.135. The predicted octanol–water partition coefficient (Wildman–Crippen LogP) is 0.275. The van der Waals surface area contributed by atoms with Gasteiger partial charge in [0.15, 0.2) is 0 Å². The number of imidazole rings is 1. The summed E-state index contributed by atoms with van der Waals surface area (Å²) in [5.74, 6) is 0.300. The molecule has 24 heavy (non-hydrogen) atoms. The van der Waals surface area contributed by atoms with E-state index in [-0.39, 0.29) is 11.7 Å². The Morgan fingerprint density at radius 2 is 2.12 bits per heavy atom. The molecule has 1 amide bonds. The van der Waals surface area contributed by atoms with Crippen molar-refractivity contribution in [2.45, 2.75) is 38.0 Å². The van der Waals surface area contributed by atoms with Gasteiger partial charge in [0.05, 0.1) is 25.2 Å². The van der Waals surface area contributed by atoms with Crippen LogP contribution in [0.1, 0.15) is 25.5 Å². The summed E-state index contributed by atoms with van der Waals surface area (Å²) in [5, 5.41) is 0. The summed E-state index contributed by atoms with van der Waals surface area (Å²) >= 11 is 0. The number of carbonyl (C=O) groups is 1. The van der Waals surface area contributed by atoms with Gasteiger partial charge in [0.2, 0.25) is 5.91 Å². The molecule has 3 fully saturated rings. The molecule has 3 aliphatic heterocycles. The van der Waals surface area contributed by atoms with Crippen molar-refractivity contribution in [1.29, 1.82) is 0 Å². The fourth-order valence-electron chi connectivity index (χ4n) is 4.70. The molecule has 7 heteroatoms. The zero-order valence-corrected chi connectivity index (χ0v) is 14.6. The fourth-order valence-corrected chi connectivity index (χ4v) is 4.70. The molecular weight excluding hydrogens is 306 g/mol. The highest BCUT2D eigenvalue weighted by Gasteiger charge is 2.57. The monoisotopic (exact) mass is 333 g/mol. The molecule has 0 unspecified atom stereocenters. The van der Waals surface area contributed by atoms with E-state index in [4.69, 9.17) is 4.74 Å². The number of nitrogens with zero attached hydrogens (tertiary/aromatic N) is 5. The van der Waals surface area contributed by atoms with Crippen LogP contribution in [0.3, 0.4) is 0 Å². The molecule has 0 aromatic carbocycles. The number of fused-ring (bicyclic) bond motifs is 2. The number of hydrogen-bond donors (Lipinski definition) is 0. The normalized spacial score (nSPS) is 27.8. The van der Waals surface area contributed by atoms with Crippen LogP contribution >= 0.6 is 0 Å². The molecule has 1 aromatic rings. The average Bonchev–Trinajstić information content (AvgIpc) is 3.09. The van der Waals surface area contributed by atoms with E-state index in [9.17, 15) is 4.79 Å². The van der Waals surface area contributed by atoms with E-state index >= 15 is 0 Å². The Bertz CT molecular complexity index is 610. The number of hydrogen-bond acceptors (Lipinski definition) is 5. The van der Waals surface area contributed by atoms with E-state index in [1.54, 1.807) is 0 Å². The number of piperazine rings is 1. The van der Waals surface area contributed by atoms with E-state index in [1.165, 1.54) is 5.69 Å². The van der Waals surface area contributed by atoms with Crippen molar-refractivity contribution in [3.63, 3.8) is 0 Å². The summed E-state index contributed by atoms with van der Waals surface area (Å²) in [7, 11) is 2.02. The molecule has 0 aliphatic carbocycles. The van der Waals surface area contributed by atoms with Gasteiger partial charge in [-0.25, -0.2) is 4.98 Å². The maximum absolute atomic E-state index is 13.1. The summed E-state index contributed by atoms with van der Waals surface area (Å²) < 4.78 is 7.64. The van der Waals surface area contributed by atoms with Gasteiger partial charge in [-0.1, -0.05) is 0 Å². The minimum atomic E-state index is -0.104. The second-order valence-electron chi connectivity index (χ2n) is 7.12. The molecule has 1 atom stereocenters. The third-order valence-electron chi connectivity index (χ3n) is 5.96. The number of rotatable bonds is 3. The minimum Gasteiger partial charge on any atom is -0.381 e. The van der Waals surface area contributed by atoms with Crippen LogP contribution in [-0.2, 0) is 23.1 Å². The van der Waals surface area contributed by atoms with Crippen molar-refractivity contribution >= 4 is 5.91 Å². The van der Waals surface area contributed by atoms with Crippen molar-refractivity contribution in [1.82, 2.24) is 24.3 Å². The lowest BCUT2D eigenvalue weighted by Crippen LogP contribution is -2.61. The molecule has 4 heterocycles. The molecule has 0 bridgehead atoms. The summed E-state index contributed by atoms with van der Waals surface area (Å²) in [6, 6.07) is -0.00923. The van der Waals surface area contributed by atoms with Crippen LogP contribution in [0.5, 0.6) is 0 Å². The van der Waals surface area contributed by atoms with Gasteiger partial charge in [-0.2, -0.15) is 0 Å². The zero-order chi connectivity index (χ0) is 16.7. The Hall–Kier alpha value is -1.44. The molecule has 7 nitrogen and oxygen atoms in total. The molecule has 1 aromatic heterocycles. The van der Waals surface area contributed by atoms with E-state index in [0.29, 0.717) is 5.91 Å². The van der Waals surface area contributed by atoms with E-state index < -0.39 is 0 Å². The van der Waals surface area contributed by atoms with Gasteiger partial charge in [-0.15, -0.1) is 0 Å². The van der Waals surface area contributed by atoms with Crippen LogP contribution in [0.2, 0.25) is 0 Å². The Morgan fingerprint density at radius 1 is 1.33 bits per heavy atom. The molecule has 0 radical (unpaired) electrons. The number of likely N-dealkylation sites (N-methyl/N-ethyl adjacent to an activating group) is 1. The number of carbonyl (C=O) groups excluding carboxylic acids is 1. The van der Waals surface area contributed by atoms with Crippen molar-refractivity contribution in [2.24, 2.45) is 7.05 Å². The molecule has 4 rings (SSSR count). The Kier molecular flexibility index (Phi) is 4.10. The third kappa shape index (κ3) is 2.37. The van der Waals surface area contributed by atoms with Gasteiger partial charge < -0.3 is 14.2 Å². The number of ether oxygens (including phenoxy) is 1. The van der Waals surface area contributed by atoms with Crippen LogP contribution in [0.4, 0.5) is 0 Å². The predicted molar refractivity (Wildman–Crippen MR) is 89.2 cm³/mol. The Labute approximate surface area is 143 Å². The van der Waals surface area contributed by atoms with E-state index in [0.717, 1.165) is 58.8 Å². The van der Waals surface area contributed by atoms with Crippen molar-refractivity contribution < 1.29 is 9.53 Å². The highest BCUT2D eigenvalue weighted by Crippen LogP contribution is 2.41. The fraction of sp³-hybridized carbons (Fsp3) is 0.765. The zero-order valence-electron chi connectivity index (χ0n) is 14.6. The van der Waals surface area contributed by atoms with Crippen molar-refractivity contribution in [3.8, 4) is 0 Å². The summed E-state index contributed by atoms with van der Waals surface area (Å²) in [5.41, 5.74) is 1.09. The van der Waals surface area contributed by atoms with Crippen LogP contribution < -0.4 is 0 Å². The van der Waals surface area contributed by atoms with Gasteiger partial charge in [0.25, 0.3) is 0 Å². The third-order valence-corrected chi connectivity index (χ3v) is 5.96. The Morgan fingerprint density at radius 3 is 2.79 bits per heavy atom. The van der Waals surface area contributed by atoms with Crippen molar-refractivity contribution in [2.75, 3.05) is 39.4 Å². The quantitative estimate of drug-likeness (QED) is 0.795. The average molecular weight is 333 g/mol. The molecule has 132 valence electrons. The molecule has 0 N–H and O–H groups in total. The van der Waals surface area contributed by atoms with Gasteiger partial charge in [-0.3, -0.25) is 14.6 Å². The number of aryl methyl sites for hydroxylation is 1. The second kappa shape index (κ2) is 6.13. The maximum atomic E-state index is 13.1. The summed E-state index contributed by atoms with van der Waals surface area (Å²) in [6.45, 7) is 8.01. The number of amides is 1.